The molecule has 2 aromatic carbocycles. The van der Waals surface area contributed by atoms with Crippen LogP contribution in [0, 0.1) is 5.92 Å². The van der Waals surface area contributed by atoms with Crippen LogP contribution in [0.4, 0.5) is 5.69 Å². The van der Waals surface area contributed by atoms with Crippen molar-refractivity contribution in [1.82, 2.24) is 4.90 Å². The number of ether oxygens (including phenoxy) is 1. The maximum Gasteiger partial charge on any atom is 0.308 e. The van der Waals surface area contributed by atoms with E-state index in [4.69, 9.17) is 4.74 Å². The highest BCUT2D eigenvalue weighted by Crippen LogP contribution is 2.21. The molecule has 0 saturated heterocycles. The molecule has 0 bridgehead atoms. The van der Waals surface area contributed by atoms with Gasteiger partial charge in [-0.2, -0.15) is 0 Å². The number of rotatable bonds is 7. The molecule has 0 saturated carbocycles. The topological polar surface area (TPSA) is 78.9 Å². The first-order valence-electron chi connectivity index (χ1n) is 9.01. The minimum atomic E-state index is -0.949. The zero-order chi connectivity index (χ0) is 19.2. The molecule has 6 heteroatoms. The molecule has 2 aromatic rings. The molecular weight excluding hydrogens is 344 g/mol. The number of hydrogen-bond donors (Lipinski definition) is 2. The van der Waals surface area contributed by atoms with Crippen molar-refractivity contribution in [1.29, 1.82) is 0 Å². The predicted octanol–water partition coefficient (Wildman–Crippen LogP) is 2.78. The smallest absolute Gasteiger partial charge is 0.308 e. The summed E-state index contributed by atoms with van der Waals surface area (Å²) in [5.41, 5.74) is 3.14. The highest BCUT2D eigenvalue weighted by Gasteiger charge is 2.26. The summed E-state index contributed by atoms with van der Waals surface area (Å²) in [7, 11) is 1.55. The Bertz CT molecular complexity index is 821. The van der Waals surface area contributed by atoms with E-state index in [0.29, 0.717) is 18.0 Å². The van der Waals surface area contributed by atoms with Crippen molar-refractivity contribution in [3.8, 4) is 5.75 Å². The Kier molecular flexibility index (Phi) is 6.08. The Morgan fingerprint density at radius 1 is 1.19 bits per heavy atom. The average molecular weight is 368 g/mol. The molecular formula is C21H24N2O4. The minimum absolute atomic E-state index is 0.0648. The summed E-state index contributed by atoms with van der Waals surface area (Å²) in [5, 5.41) is 12.3. The minimum Gasteiger partial charge on any atom is -0.497 e. The van der Waals surface area contributed by atoms with Crippen LogP contribution in [0.1, 0.15) is 17.5 Å². The standard InChI is InChI=1S/C21H24N2O4/c1-27-19-8-4-7-18(12-19)22-20(24)11-17(21(25)26)14-23-10-9-15-5-2-3-6-16(15)13-23/h2-8,12,17H,9-11,13-14H2,1H3,(H,22,24)(H,25,26)/t17-/m1/s1. The lowest BCUT2D eigenvalue weighted by atomic mass is 9.97. The van der Waals surface area contributed by atoms with E-state index in [0.717, 1.165) is 19.5 Å². The second-order valence-electron chi connectivity index (χ2n) is 6.77. The van der Waals surface area contributed by atoms with Gasteiger partial charge in [0, 0.05) is 37.8 Å². The lowest BCUT2D eigenvalue weighted by Gasteiger charge is -2.30. The molecule has 1 amide bonds. The average Bonchev–Trinajstić information content (AvgIpc) is 2.67. The van der Waals surface area contributed by atoms with Gasteiger partial charge in [0.1, 0.15) is 5.75 Å². The summed E-state index contributed by atoms with van der Waals surface area (Å²) < 4.78 is 5.13. The second kappa shape index (κ2) is 8.68. The molecule has 142 valence electrons. The summed E-state index contributed by atoms with van der Waals surface area (Å²) in [5.74, 6) is -1.38. The largest absolute Gasteiger partial charge is 0.497 e. The van der Waals surface area contributed by atoms with Crippen molar-refractivity contribution in [2.75, 3.05) is 25.5 Å². The number of fused-ring (bicyclic) bond motifs is 1. The molecule has 0 radical (unpaired) electrons. The van der Waals surface area contributed by atoms with Gasteiger partial charge in [0.15, 0.2) is 0 Å². The summed E-state index contributed by atoms with van der Waals surface area (Å²) in [6, 6.07) is 15.2. The molecule has 0 fully saturated rings. The summed E-state index contributed by atoms with van der Waals surface area (Å²) >= 11 is 0. The van der Waals surface area contributed by atoms with Crippen LogP contribution in [0.25, 0.3) is 0 Å². The fourth-order valence-electron chi connectivity index (χ4n) is 3.39. The van der Waals surface area contributed by atoms with Crippen LogP contribution in [0.3, 0.4) is 0 Å². The molecule has 2 N–H and O–H groups in total. The number of anilines is 1. The van der Waals surface area contributed by atoms with Crippen LogP contribution in [0.15, 0.2) is 48.5 Å². The van der Waals surface area contributed by atoms with Gasteiger partial charge in [-0.3, -0.25) is 14.5 Å². The number of amides is 1. The monoisotopic (exact) mass is 368 g/mol. The molecule has 0 aliphatic carbocycles. The number of aliphatic carboxylic acids is 1. The number of carboxylic acids is 1. The van der Waals surface area contributed by atoms with Crippen LogP contribution >= 0.6 is 0 Å². The quantitative estimate of drug-likeness (QED) is 0.786. The number of carboxylic acid groups (broad SMARTS) is 1. The van der Waals surface area contributed by atoms with E-state index in [-0.39, 0.29) is 12.3 Å². The molecule has 1 atom stereocenters. The third kappa shape index (κ3) is 5.08. The van der Waals surface area contributed by atoms with Gasteiger partial charge in [0.2, 0.25) is 5.91 Å². The van der Waals surface area contributed by atoms with E-state index in [1.807, 2.05) is 12.1 Å². The van der Waals surface area contributed by atoms with Crippen molar-refractivity contribution < 1.29 is 19.4 Å². The van der Waals surface area contributed by atoms with Gasteiger partial charge in [0.25, 0.3) is 0 Å². The number of carbonyl (C=O) groups is 2. The fourth-order valence-corrected chi connectivity index (χ4v) is 3.39. The molecule has 1 aliphatic rings. The van der Waals surface area contributed by atoms with Gasteiger partial charge in [-0.1, -0.05) is 30.3 Å². The molecule has 1 aliphatic heterocycles. The maximum absolute atomic E-state index is 12.3. The van der Waals surface area contributed by atoms with E-state index >= 15 is 0 Å². The maximum atomic E-state index is 12.3. The second-order valence-corrected chi connectivity index (χ2v) is 6.77. The van der Waals surface area contributed by atoms with Gasteiger partial charge in [-0.05, 0) is 29.7 Å². The van der Waals surface area contributed by atoms with Crippen LogP contribution in [0.5, 0.6) is 5.75 Å². The van der Waals surface area contributed by atoms with Crippen molar-refractivity contribution in [3.63, 3.8) is 0 Å². The SMILES string of the molecule is COc1cccc(NC(=O)C[C@H](CN2CCc3ccccc3C2)C(=O)O)c1. The van der Waals surface area contributed by atoms with Crippen molar-refractivity contribution in [2.45, 2.75) is 19.4 Å². The Hall–Kier alpha value is -2.86. The van der Waals surface area contributed by atoms with E-state index < -0.39 is 11.9 Å². The number of carbonyl (C=O) groups excluding carboxylic acids is 1. The van der Waals surface area contributed by atoms with Crippen LogP contribution in [0.2, 0.25) is 0 Å². The van der Waals surface area contributed by atoms with Crippen LogP contribution < -0.4 is 10.1 Å². The predicted molar refractivity (Wildman–Crippen MR) is 103 cm³/mol. The van der Waals surface area contributed by atoms with Gasteiger partial charge in [-0.15, -0.1) is 0 Å². The van der Waals surface area contributed by atoms with E-state index in [2.05, 4.69) is 22.3 Å². The lowest BCUT2D eigenvalue weighted by Crippen LogP contribution is -2.38. The Morgan fingerprint density at radius 2 is 1.96 bits per heavy atom. The lowest BCUT2D eigenvalue weighted by molar-refractivity contribution is -0.144. The molecule has 0 spiro atoms. The first-order valence-corrected chi connectivity index (χ1v) is 9.01. The number of nitrogens with one attached hydrogen (secondary N) is 1. The fraction of sp³-hybridized carbons (Fsp3) is 0.333. The third-order valence-corrected chi connectivity index (χ3v) is 4.82. The van der Waals surface area contributed by atoms with Crippen LogP contribution in [-0.2, 0) is 22.6 Å². The molecule has 0 aromatic heterocycles. The summed E-state index contributed by atoms with van der Waals surface area (Å²) in [6.45, 7) is 1.88. The van der Waals surface area contributed by atoms with Crippen LogP contribution in [-0.4, -0.2) is 42.1 Å². The Labute approximate surface area is 158 Å². The molecule has 1 heterocycles. The van der Waals surface area contributed by atoms with Crippen molar-refractivity contribution >= 4 is 17.6 Å². The molecule has 6 nitrogen and oxygen atoms in total. The Balaban J connectivity index is 1.59. The molecule has 0 unspecified atom stereocenters. The Morgan fingerprint density at radius 3 is 2.70 bits per heavy atom. The highest BCUT2D eigenvalue weighted by atomic mass is 16.5. The number of nitrogens with zero attached hydrogens (tertiary/aromatic N) is 1. The van der Waals surface area contributed by atoms with E-state index in [1.54, 1.807) is 31.4 Å². The van der Waals surface area contributed by atoms with Gasteiger partial charge in [0.05, 0.1) is 13.0 Å². The third-order valence-electron chi connectivity index (χ3n) is 4.82. The summed E-state index contributed by atoms with van der Waals surface area (Å²) in [6.07, 6.45) is 0.837. The van der Waals surface area contributed by atoms with E-state index in [9.17, 15) is 14.7 Å². The molecule has 3 rings (SSSR count). The first-order chi connectivity index (χ1) is 13.0. The molecule has 27 heavy (non-hydrogen) atoms. The summed E-state index contributed by atoms with van der Waals surface area (Å²) in [4.78, 5) is 26.1. The van der Waals surface area contributed by atoms with E-state index in [1.165, 1.54) is 11.1 Å². The normalized spacial score (nSPS) is 14.9. The number of methoxy groups -OCH3 is 1. The number of benzene rings is 2. The first kappa shape index (κ1) is 18.9. The zero-order valence-electron chi connectivity index (χ0n) is 15.4. The zero-order valence-corrected chi connectivity index (χ0v) is 15.4. The highest BCUT2D eigenvalue weighted by molar-refractivity contribution is 5.93. The number of hydrogen-bond acceptors (Lipinski definition) is 4. The van der Waals surface area contributed by atoms with Gasteiger partial charge < -0.3 is 15.2 Å². The van der Waals surface area contributed by atoms with Crippen molar-refractivity contribution in [3.05, 3.63) is 59.7 Å². The van der Waals surface area contributed by atoms with Gasteiger partial charge >= 0.3 is 5.97 Å². The van der Waals surface area contributed by atoms with Gasteiger partial charge in [-0.25, -0.2) is 0 Å². The van der Waals surface area contributed by atoms with Crippen molar-refractivity contribution in [2.24, 2.45) is 5.92 Å².